The number of aromatic nitrogens is 3. The average molecular weight is 309 g/mol. The van der Waals surface area contributed by atoms with Crippen LogP contribution in [0.15, 0.2) is 43.0 Å². The van der Waals surface area contributed by atoms with Crippen molar-refractivity contribution >= 4 is 16.8 Å². The van der Waals surface area contributed by atoms with Crippen molar-refractivity contribution < 1.29 is 4.79 Å². The SMILES string of the molecule is NC(=O)[C@H]1C(NCCc2c[nH]c3ccccc23)[C@@H]1c1cnc[nH]1. The molecule has 5 N–H and O–H groups in total. The molecule has 1 aliphatic carbocycles. The zero-order valence-corrected chi connectivity index (χ0v) is 12.6. The molecule has 1 saturated carbocycles. The third-order valence-corrected chi connectivity index (χ3v) is 4.68. The zero-order chi connectivity index (χ0) is 15.8. The van der Waals surface area contributed by atoms with Gasteiger partial charge in [-0.05, 0) is 24.6 Å². The van der Waals surface area contributed by atoms with Crippen LogP contribution in [0.4, 0.5) is 0 Å². The summed E-state index contributed by atoms with van der Waals surface area (Å²) in [6.07, 6.45) is 6.36. The number of hydrogen-bond acceptors (Lipinski definition) is 3. The van der Waals surface area contributed by atoms with E-state index in [1.165, 1.54) is 10.9 Å². The molecule has 2 aromatic heterocycles. The lowest BCUT2D eigenvalue weighted by molar-refractivity contribution is -0.119. The minimum absolute atomic E-state index is 0.0955. The van der Waals surface area contributed by atoms with Crippen molar-refractivity contribution in [1.82, 2.24) is 20.3 Å². The Morgan fingerprint density at radius 1 is 1.30 bits per heavy atom. The summed E-state index contributed by atoms with van der Waals surface area (Å²) in [6, 6.07) is 8.36. The number of primary amides is 1. The van der Waals surface area contributed by atoms with E-state index < -0.39 is 0 Å². The van der Waals surface area contributed by atoms with Gasteiger partial charge in [0.2, 0.25) is 5.91 Å². The van der Waals surface area contributed by atoms with Gasteiger partial charge in [0, 0.05) is 41.0 Å². The molecule has 23 heavy (non-hydrogen) atoms. The quantitative estimate of drug-likeness (QED) is 0.552. The molecule has 0 saturated heterocycles. The van der Waals surface area contributed by atoms with Crippen LogP contribution in [0, 0.1) is 5.92 Å². The Hall–Kier alpha value is -2.60. The molecule has 1 aromatic carbocycles. The lowest BCUT2D eigenvalue weighted by atomic mass is 10.1. The van der Waals surface area contributed by atoms with E-state index in [2.05, 4.69) is 38.6 Å². The third kappa shape index (κ3) is 2.51. The predicted octanol–water partition coefficient (Wildman–Crippen LogP) is 1.29. The maximum atomic E-state index is 11.6. The molecule has 2 heterocycles. The van der Waals surface area contributed by atoms with Gasteiger partial charge >= 0.3 is 0 Å². The van der Waals surface area contributed by atoms with Crippen LogP contribution in [-0.4, -0.2) is 33.4 Å². The topological polar surface area (TPSA) is 99.6 Å². The summed E-state index contributed by atoms with van der Waals surface area (Å²) >= 11 is 0. The van der Waals surface area contributed by atoms with E-state index in [0.29, 0.717) is 0 Å². The van der Waals surface area contributed by atoms with Gasteiger partial charge in [-0.25, -0.2) is 4.98 Å². The number of hydrogen-bond donors (Lipinski definition) is 4. The molecule has 0 radical (unpaired) electrons. The minimum Gasteiger partial charge on any atom is -0.369 e. The number of nitrogens with zero attached hydrogens (tertiary/aromatic N) is 1. The van der Waals surface area contributed by atoms with Crippen LogP contribution < -0.4 is 11.1 Å². The molecule has 1 fully saturated rings. The van der Waals surface area contributed by atoms with Crippen molar-refractivity contribution in [3.8, 4) is 0 Å². The fraction of sp³-hybridized carbons (Fsp3) is 0.294. The summed E-state index contributed by atoms with van der Waals surface area (Å²) in [6.45, 7) is 0.806. The number of nitrogens with one attached hydrogen (secondary N) is 3. The van der Waals surface area contributed by atoms with Crippen LogP contribution in [0.25, 0.3) is 10.9 Å². The molecule has 1 unspecified atom stereocenters. The summed E-state index contributed by atoms with van der Waals surface area (Å²) in [5.74, 6) is -0.300. The van der Waals surface area contributed by atoms with Crippen LogP contribution >= 0.6 is 0 Å². The van der Waals surface area contributed by atoms with Crippen LogP contribution in [0.1, 0.15) is 17.2 Å². The Balaban J connectivity index is 1.40. The molecular formula is C17H19N5O. The Labute approximate surface area is 133 Å². The molecule has 6 heteroatoms. The molecule has 3 aromatic rings. The summed E-state index contributed by atoms with van der Waals surface area (Å²) < 4.78 is 0. The van der Waals surface area contributed by atoms with E-state index in [-0.39, 0.29) is 23.8 Å². The van der Waals surface area contributed by atoms with Gasteiger partial charge in [0.25, 0.3) is 0 Å². The van der Waals surface area contributed by atoms with Crippen molar-refractivity contribution in [3.05, 3.63) is 54.2 Å². The van der Waals surface area contributed by atoms with Crippen molar-refractivity contribution in [1.29, 1.82) is 0 Å². The van der Waals surface area contributed by atoms with E-state index in [1.807, 2.05) is 12.1 Å². The molecule has 118 valence electrons. The summed E-state index contributed by atoms with van der Waals surface area (Å²) in [7, 11) is 0. The fourth-order valence-corrected chi connectivity index (χ4v) is 3.47. The van der Waals surface area contributed by atoms with Crippen LogP contribution in [0.3, 0.4) is 0 Å². The summed E-state index contributed by atoms with van der Waals surface area (Å²) in [5.41, 5.74) is 8.91. The van der Waals surface area contributed by atoms with E-state index in [1.54, 1.807) is 12.5 Å². The number of imidazole rings is 1. The van der Waals surface area contributed by atoms with Gasteiger partial charge in [0.05, 0.1) is 12.2 Å². The molecule has 0 bridgehead atoms. The highest BCUT2D eigenvalue weighted by atomic mass is 16.1. The Morgan fingerprint density at radius 3 is 2.96 bits per heavy atom. The molecule has 3 atom stereocenters. The minimum atomic E-state index is -0.255. The Bertz CT molecular complexity index is 823. The van der Waals surface area contributed by atoms with Gasteiger partial charge in [0.1, 0.15) is 0 Å². The van der Waals surface area contributed by atoms with Gasteiger partial charge < -0.3 is 21.0 Å². The first kappa shape index (κ1) is 14.0. The van der Waals surface area contributed by atoms with E-state index in [0.717, 1.165) is 24.2 Å². The normalized spacial score (nSPS) is 23.2. The number of rotatable bonds is 6. The molecule has 1 amide bonds. The molecular weight excluding hydrogens is 290 g/mol. The number of nitrogens with two attached hydrogens (primary N) is 1. The summed E-state index contributed by atoms with van der Waals surface area (Å²) in [5, 5.41) is 4.72. The predicted molar refractivity (Wildman–Crippen MR) is 87.8 cm³/mol. The molecule has 6 nitrogen and oxygen atoms in total. The number of amides is 1. The fourth-order valence-electron chi connectivity index (χ4n) is 3.47. The molecule has 0 aliphatic heterocycles. The molecule has 4 rings (SSSR count). The second-order valence-corrected chi connectivity index (χ2v) is 6.05. The largest absolute Gasteiger partial charge is 0.369 e. The lowest BCUT2D eigenvalue weighted by Gasteiger charge is -2.03. The second kappa shape index (κ2) is 5.55. The van der Waals surface area contributed by atoms with Crippen molar-refractivity contribution in [2.45, 2.75) is 18.4 Å². The smallest absolute Gasteiger partial charge is 0.222 e. The van der Waals surface area contributed by atoms with E-state index >= 15 is 0 Å². The Morgan fingerprint density at radius 2 is 2.17 bits per heavy atom. The van der Waals surface area contributed by atoms with E-state index in [9.17, 15) is 4.79 Å². The van der Waals surface area contributed by atoms with Crippen LogP contribution in [-0.2, 0) is 11.2 Å². The first-order chi connectivity index (χ1) is 11.3. The first-order valence-corrected chi connectivity index (χ1v) is 7.81. The maximum absolute atomic E-state index is 11.6. The number of aromatic amines is 2. The number of benzene rings is 1. The highest BCUT2D eigenvalue weighted by molar-refractivity contribution is 5.83. The average Bonchev–Trinajstić information content (AvgIpc) is 2.91. The molecule has 0 spiro atoms. The number of H-pyrrole nitrogens is 2. The highest BCUT2D eigenvalue weighted by Gasteiger charge is 2.55. The van der Waals surface area contributed by atoms with Crippen LogP contribution in [0.5, 0.6) is 0 Å². The maximum Gasteiger partial charge on any atom is 0.222 e. The van der Waals surface area contributed by atoms with Crippen LogP contribution in [0.2, 0.25) is 0 Å². The second-order valence-electron chi connectivity index (χ2n) is 6.05. The number of carbonyl (C=O) groups excluding carboxylic acids is 1. The van der Waals surface area contributed by atoms with Gasteiger partial charge in [-0.15, -0.1) is 0 Å². The standard InChI is InChI=1S/C17H19N5O/c18-17(23)15-14(13-8-19-9-22-13)16(15)20-6-5-10-7-21-12-4-2-1-3-11(10)12/h1-4,7-9,14-16,20-21H,5-6H2,(H2,18,23)(H,19,22)/t14-,15-,16?/m1/s1. The lowest BCUT2D eigenvalue weighted by Crippen LogP contribution is -2.25. The monoisotopic (exact) mass is 309 g/mol. The highest BCUT2D eigenvalue weighted by Crippen LogP contribution is 2.46. The third-order valence-electron chi connectivity index (χ3n) is 4.68. The Kier molecular flexibility index (Phi) is 3.38. The van der Waals surface area contributed by atoms with Gasteiger partial charge in [-0.2, -0.15) is 0 Å². The van der Waals surface area contributed by atoms with Gasteiger partial charge in [-0.1, -0.05) is 18.2 Å². The summed E-state index contributed by atoms with van der Waals surface area (Å²) in [4.78, 5) is 22.0. The van der Waals surface area contributed by atoms with E-state index in [4.69, 9.17) is 5.73 Å². The van der Waals surface area contributed by atoms with Crippen molar-refractivity contribution in [2.24, 2.45) is 11.7 Å². The number of para-hydroxylation sites is 1. The first-order valence-electron chi connectivity index (χ1n) is 7.81. The number of carbonyl (C=O) groups is 1. The molecule has 1 aliphatic rings. The zero-order valence-electron chi connectivity index (χ0n) is 12.6. The van der Waals surface area contributed by atoms with Crippen molar-refractivity contribution in [3.63, 3.8) is 0 Å². The van der Waals surface area contributed by atoms with Gasteiger partial charge in [-0.3, -0.25) is 4.79 Å². The number of fused-ring (bicyclic) bond motifs is 1. The van der Waals surface area contributed by atoms with Crippen molar-refractivity contribution in [2.75, 3.05) is 6.54 Å². The van der Waals surface area contributed by atoms with Gasteiger partial charge in [0.15, 0.2) is 0 Å².